The molecule has 0 aliphatic heterocycles. The highest BCUT2D eigenvalue weighted by Gasteiger charge is 1.70. The van der Waals surface area contributed by atoms with Crippen LogP contribution in [0, 0.1) is 0 Å². The Morgan fingerprint density at radius 2 is 2.12 bits per heavy atom. The van der Waals surface area contributed by atoms with Gasteiger partial charge in [-0.1, -0.05) is 12.2 Å². The first-order valence-electron chi connectivity index (χ1n) is 2.97. The van der Waals surface area contributed by atoms with Gasteiger partial charge in [-0.3, -0.25) is 4.99 Å². The van der Waals surface area contributed by atoms with Crippen molar-refractivity contribution in [3.8, 4) is 0 Å². The van der Waals surface area contributed by atoms with Gasteiger partial charge in [-0.2, -0.15) is 0 Å². The fraction of sp³-hybridized carbons (Fsp3) is 0.571. The highest BCUT2D eigenvalue weighted by Crippen LogP contribution is 1.81. The fourth-order valence-corrected chi connectivity index (χ4v) is 0.445. The number of hydrogen-bond acceptors (Lipinski definition) is 1. The van der Waals surface area contributed by atoms with Crippen molar-refractivity contribution in [1.29, 1.82) is 0 Å². The van der Waals surface area contributed by atoms with Gasteiger partial charge in [-0.25, -0.2) is 0 Å². The second-order valence-electron chi connectivity index (χ2n) is 1.52. The van der Waals surface area contributed by atoms with Gasteiger partial charge in [0.05, 0.1) is 0 Å². The molecule has 0 aromatic rings. The Kier molecular flexibility index (Phi) is 5.94. The summed E-state index contributed by atoms with van der Waals surface area (Å²) in [4.78, 5) is 4.03. The lowest BCUT2D eigenvalue weighted by Crippen LogP contribution is -1.74. The summed E-state index contributed by atoms with van der Waals surface area (Å²) < 4.78 is 0. The Labute approximate surface area is 51.1 Å². The molecule has 0 fully saturated rings. The molecule has 0 heterocycles. The summed E-state index contributed by atoms with van der Waals surface area (Å²) in [5.74, 6) is 0. The molecule has 0 unspecified atom stereocenters. The first-order valence-corrected chi connectivity index (χ1v) is 2.97. The van der Waals surface area contributed by atoms with E-state index in [2.05, 4.69) is 11.1 Å². The van der Waals surface area contributed by atoms with Crippen LogP contribution in [-0.4, -0.2) is 12.8 Å². The summed E-state index contributed by atoms with van der Waals surface area (Å²) in [5, 5.41) is 0. The first-order chi connectivity index (χ1) is 3.91. The van der Waals surface area contributed by atoms with E-state index in [9.17, 15) is 0 Å². The quantitative estimate of drug-likeness (QED) is 0.300. The molecule has 46 valence electrons. The van der Waals surface area contributed by atoms with Crippen LogP contribution in [0.1, 0.15) is 20.3 Å². The molecule has 0 saturated carbocycles. The van der Waals surface area contributed by atoms with Gasteiger partial charge in [0.25, 0.3) is 0 Å². The van der Waals surface area contributed by atoms with Gasteiger partial charge in [-0.15, -0.1) is 0 Å². The van der Waals surface area contributed by atoms with Crippen LogP contribution < -0.4 is 0 Å². The van der Waals surface area contributed by atoms with Gasteiger partial charge in [0.2, 0.25) is 0 Å². The van der Waals surface area contributed by atoms with Crippen LogP contribution in [0.4, 0.5) is 0 Å². The topological polar surface area (TPSA) is 12.4 Å². The van der Waals surface area contributed by atoms with Crippen molar-refractivity contribution in [1.82, 2.24) is 0 Å². The third kappa shape index (κ3) is 5.41. The van der Waals surface area contributed by atoms with Crippen molar-refractivity contribution in [2.75, 3.05) is 6.54 Å². The van der Waals surface area contributed by atoms with Gasteiger partial charge < -0.3 is 0 Å². The minimum atomic E-state index is 0.931. The molecule has 8 heavy (non-hydrogen) atoms. The minimum absolute atomic E-state index is 0.931. The lowest BCUT2D eigenvalue weighted by atomic mass is 10.4. The molecular formula is C7H13N. The van der Waals surface area contributed by atoms with E-state index in [0.717, 1.165) is 13.0 Å². The molecule has 1 heteroatoms. The van der Waals surface area contributed by atoms with E-state index < -0.39 is 0 Å². The molecule has 0 amide bonds. The molecular weight excluding hydrogens is 98.1 g/mol. The number of aliphatic imine (C=N–C) groups is 1. The predicted octanol–water partition coefficient (Wildman–Crippen LogP) is 2.04. The molecule has 0 aromatic carbocycles. The zero-order chi connectivity index (χ0) is 6.24. The summed E-state index contributed by atoms with van der Waals surface area (Å²) in [7, 11) is 0. The Hall–Kier alpha value is -0.590. The van der Waals surface area contributed by atoms with E-state index in [-0.39, 0.29) is 0 Å². The van der Waals surface area contributed by atoms with Crippen LogP contribution in [0.2, 0.25) is 0 Å². The molecule has 0 bridgehead atoms. The predicted molar refractivity (Wildman–Crippen MR) is 38.5 cm³/mol. The third-order valence-electron chi connectivity index (χ3n) is 0.843. The van der Waals surface area contributed by atoms with Gasteiger partial charge in [0, 0.05) is 6.54 Å². The second-order valence-corrected chi connectivity index (χ2v) is 1.52. The van der Waals surface area contributed by atoms with Gasteiger partial charge in [0.15, 0.2) is 0 Å². The first kappa shape index (κ1) is 7.41. The van der Waals surface area contributed by atoms with E-state index in [4.69, 9.17) is 0 Å². The van der Waals surface area contributed by atoms with E-state index >= 15 is 0 Å². The molecule has 0 aromatic heterocycles. The number of nitrogens with zero attached hydrogens (tertiary/aromatic N) is 1. The number of allylic oxidation sites excluding steroid dienone is 1. The van der Waals surface area contributed by atoms with Gasteiger partial charge in [-0.05, 0) is 26.5 Å². The summed E-state index contributed by atoms with van der Waals surface area (Å²) >= 11 is 0. The molecule has 0 atom stereocenters. The zero-order valence-electron chi connectivity index (χ0n) is 5.59. The Morgan fingerprint density at radius 1 is 1.38 bits per heavy atom. The fourth-order valence-electron chi connectivity index (χ4n) is 0.445. The number of hydrogen-bond donors (Lipinski definition) is 0. The monoisotopic (exact) mass is 111 g/mol. The highest BCUT2D eigenvalue weighted by molar-refractivity contribution is 5.53. The molecule has 0 spiro atoms. The van der Waals surface area contributed by atoms with Gasteiger partial charge >= 0.3 is 0 Å². The molecule has 0 saturated heterocycles. The van der Waals surface area contributed by atoms with Crippen LogP contribution in [0.3, 0.4) is 0 Å². The largest absolute Gasteiger partial charge is 0.298 e. The smallest absolute Gasteiger partial charge is 0.0419 e. The Morgan fingerprint density at radius 3 is 2.62 bits per heavy atom. The van der Waals surface area contributed by atoms with Crippen LogP contribution in [0.15, 0.2) is 17.1 Å². The second kappa shape index (κ2) is 6.41. The number of rotatable bonds is 3. The van der Waals surface area contributed by atoms with Crippen LogP contribution in [0.25, 0.3) is 0 Å². The van der Waals surface area contributed by atoms with E-state index in [1.807, 2.05) is 26.1 Å². The lowest BCUT2D eigenvalue weighted by Gasteiger charge is -1.82. The Balaban J connectivity index is 2.93. The van der Waals surface area contributed by atoms with Crippen LogP contribution in [0.5, 0.6) is 0 Å². The van der Waals surface area contributed by atoms with Crippen molar-refractivity contribution in [3.63, 3.8) is 0 Å². The summed E-state index contributed by atoms with van der Waals surface area (Å²) in [5.41, 5.74) is 0. The third-order valence-corrected chi connectivity index (χ3v) is 0.843. The van der Waals surface area contributed by atoms with E-state index in [1.54, 1.807) is 0 Å². The molecule has 0 radical (unpaired) electrons. The van der Waals surface area contributed by atoms with E-state index in [1.165, 1.54) is 0 Å². The Bertz CT molecular complexity index is 70.4. The normalized spacial score (nSPS) is 11.8. The van der Waals surface area contributed by atoms with Crippen molar-refractivity contribution in [2.24, 2.45) is 4.99 Å². The SMILES string of the molecule is CC=NCC/C=C\C. The minimum Gasteiger partial charge on any atom is -0.298 e. The van der Waals surface area contributed by atoms with E-state index in [0.29, 0.717) is 0 Å². The van der Waals surface area contributed by atoms with Crippen LogP contribution in [-0.2, 0) is 0 Å². The summed E-state index contributed by atoms with van der Waals surface area (Å²) in [6, 6.07) is 0. The highest BCUT2D eigenvalue weighted by atomic mass is 14.7. The molecule has 0 rings (SSSR count). The van der Waals surface area contributed by atoms with Crippen LogP contribution >= 0.6 is 0 Å². The molecule has 1 nitrogen and oxygen atoms in total. The molecule has 0 aliphatic rings. The lowest BCUT2D eigenvalue weighted by molar-refractivity contribution is 1.01. The average molecular weight is 111 g/mol. The maximum Gasteiger partial charge on any atom is 0.0419 e. The van der Waals surface area contributed by atoms with Crippen molar-refractivity contribution in [3.05, 3.63) is 12.2 Å². The standard InChI is InChI=1S/C7H13N/c1-3-5-6-7-8-4-2/h3-5H,6-7H2,1-2H3/b5-3-,8-4?. The van der Waals surface area contributed by atoms with Gasteiger partial charge in [0.1, 0.15) is 0 Å². The van der Waals surface area contributed by atoms with Crippen molar-refractivity contribution >= 4 is 6.21 Å². The average Bonchev–Trinajstić information content (AvgIpc) is 1.81. The van der Waals surface area contributed by atoms with Crippen molar-refractivity contribution < 1.29 is 0 Å². The maximum absolute atomic E-state index is 4.03. The zero-order valence-corrected chi connectivity index (χ0v) is 5.59. The molecule has 0 aliphatic carbocycles. The summed E-state index contributed by atoms with van der Waals surface area (Å²) in [6.07, 6.45) is 7.07. The molecule has 0 N–H and O–H groups in total. The summed E-state index contributed by atoms with van der Waals surface area (Å²) in [6.45, 7) is 4.89. The maximum atomic E-state index is 4.03. The van der Waals surface area contributed by atoms with Crippen molar-refractivity contribution in [2.45, 2.75) is 20.3 Å².